The van der Waals surface area contributed by atoms with Gasteiger partial charge in [-0.25, -0.2) is 0 Å². The summed E-state index contributed by atoms with van der Waals surface area (Å²) in [6, 6.07) is 0. The second-order valence-electron chi connectivity index (χ2n) is 4.03. The molecule has 1 unspecified atom stereocenters. The molecular formula is C9H14O2. The molecule has 0 aromatic carbocycles. The van der Waals surface area contributed by atoms with Crippen LogP contribution in [0.15, 0.2) is 0 Å². The molecule has 2 saturated carbocycles. The molecule has 1 atom stereocenters. The SMILES string of the molecule is O=CC1(O)CCC12CCCC2. The first-order valence-electron chi connectivity index (χ1n) is 4.41. The minimum Gasteiger partial charge on any atom is -0.382 e. The Balaban J connectivity index is 2.20. The second-order valence-corrected chi connectivity index (χ2v) is 4.03. The summed E-state index contributed by atoms with van der Waals surface area (Å²) in [6.07, 6.45) is 7.01. The Bertz CT molecular complexity index is 182. The largest absolute Gasteiger partial charge is 0.382 e. The Kier molecular flexibility index (Phi) is 1.37. The summed E-state index contributed by atoms with van der Waals surface area (Å²) < 4.78 is 0. The fraction of sp³-hybridized carbons (Fsp3) is 0.889. The summed E-state index contributed by atoms with van der Waals surface area (Å²) in [4.78, 5) is 10.6. The predicted molar refractivity (Wildman–Crippen MR) is 41.1 cm³/mol. The van der Waals surface area contributed by atoms with E-state index in [1.165, 1.54) is 12.8 Å². The lowest BCUT2D eigenvalue weighted by molar-refractivity contribution is -0.169. The van der Waals surface area contributed by atoms with Crippen LogP contribution < -0.4 is 0 Å². The fourth-order valence-electron chi connectivity index (χ4n) is 2.65. The summed E-state index contributed by atoms with van der Waals surface area (Å²) in [5, 5.41) is 9.80. The molecule has 1 N–H and O–H groups in total. The van der Waals surface area contributed by atoms with Crippen molar-refractivity contribution in [2.75, 3.05) is 0 Å². The van der Waals surface area contributed by atoms with Crippen molar-refractivity contribution < 1.29 is 9.90 Å². The highest BCUT2D eigenvalue weighted by atomic mass is 16.3. The molecule has 2 nitrogen and oxygen atoms in total. The predicted octanol–water partition coefficient (Wildman–Crippen LogP) is 1.27. The van der Waals surface area contributed by atoms with E-state index >= 15 is 0 Å². The van der Waals surface area contributed by atoms with Gasteiger partial charge in [0.2, 0.25) is 0 Å². The van der Waals surface area contributed by atoms with Crippen molar-refractivity contribution in [2.45, 2.75) is 44.1 Å². The van der Waals surface area contributed by atoms with E-state index in [0.717, 1.165) is 25.5 Å². The van der Waals surface area contributed by atoms with Crippen molar-refractivity contribution in [2.24, 2.45) is 5.41 Å². The van der Waals surface area contributed by atoms with Crippen LogP contribution in [0.2, 0.25) is 0 Å². The maximum Gasteiger partial charge on any atom is 0.152 e. The number of aliphatic hydroxyl groups is 1. The highest BCUT2D eigenvalue weighted by Crippen LogP contribution is 2.58. The van der Waals surface area contributed by atoms with Gasteiger partial charge in [-0.1, -0.05) is 12.8 Å². The van der Waals surface area contributed by atoms with Crippen molar-refractivity contribution in [1.29, 1.82) is 0 Å². The molecule has 0 bridgehead atoms. The topological polar surface area (TPSA) is 37.3 Å². The molecule has 11 heavy (non-hydrogen) atoms. The minimum absolute atomic E-state index is 0.00868. The van der Waals surface area contributed by atoms with Gasteiger partial charge in [0, 0.05) is 5.41 Å². The van der Waals surface area contributed by atoms with E-state index in [9.17, 15) is 9.90 Å². The first kappa shape index (κ1) is 7.29. The second kappa shape index (κ2) is 2.07. The molecule has 62 valence electrons. The summed E-state index contributed by atoms with van der Waals surface area (Å²) in [6.45, 7) is 0. The number of carbonyl (C=O) groups is 1. The van der Waals surface area contributed by atoms with Crippen molar-refractivity contribution >= 4 is 6.29 Å². The van der Waals surface area contributed by atoms with Gasteiger partial charge in [0.05, 0.1) is 0 Å². The Hall–Kier alpha value is -0.370. The van der Waals surface area contributed by atoms with Gasteiger partial charge in [0.15, 0.2) is 6.29 Å². The molecule has 2 aliphatic rings. The van der Waals surface area contributed by atoms with Crippen molar-refractivity contribution in [3.05, 3.63) is 0 Å². The quantitative estimate of drug-likeness (QED) is 0.577. The lowest BCUT2D eigenvalue weighted by Crippen LogP contribution is -2.57. The minimum atomic E-state index is -0.941. The molecule has 0 aromatic rings. The number of rotatable bonds is 1. The summed E-state index contributed by atoms with van der Waals surface area (Å²) in [5.74, 6) is 0. The first-order valence-corrected chi connectivity index (χ1v) is 4.41. The van der Waals surface area contributed by atoms with Crippen LogP contribution in [-0.4, -0.2) is 17.0 Å². The van der Waals surface area contributed by atoms with Gasteiger partial charge in [-0.2, -0.15) is 0 Å². The van der Waals surface area contributed by atoms with E-state index in [-0.39, 0.29) is 5.41 Å². The van der Waals surface area contributed by atoms with E-state index < -0.39 is 5.60 Å². The van der Waals surface area contributed by atoms with Crippen LogP contribution in [0.5, 0.6) is 0 Å². The van der Waals surface area contributed by atoms with Gasteiger partial charge in [0.25, 0.3) is 0 Å². The normalized spacial score (nSPS) is 40.5. The zero-order valence-corrected chi connectivity index (χ0v) is 6.68. The molecule has 2 fully saturated rings. The third-order valence-corrected chi connectivity index (χ3v) is 3.66. The number of hydrogen-bond donors (Lipinski definition) is 1. The van der Waals surface area contributed by atoms with E-state index in [1.807, 2.05) is 0 Å². The Morgan fingerprint density at radius 3 is 2.09 bits per heavy atom. The highest BCUT2D eigenvalue weighted by molar-refractivity contribution is 5.66. The van der Waals surface area contributed by atoms with Crippen LogP contribution in [0, 0.1) is 5.41 Å². The Morgan fingerprint density at radius 2 is 1.73 bits per heavy atom. The maximum atomic E-state index is 10.6. The van der Waals surface area contributed by atoms with Crippen LogP contribution >= 0.6 is 0 Å². The molecule has 1 spiro atoms. The van der Waals surface area contributed by atoms with Gasteiger partial charge in [-0.15, -0.1) is 0 Å². The zero-order chi connectivity index (χ0) is 7.95. The lowest BCUT2D eigenvalue weighted by Gasteiger charge is -2.51. The fourth-order valence-corrected chi connectivity index (χ4v) is 2.65. The van der Waals surface area contributed by atoms with Crippen LogP contribution in [-0.2, 0) is 4.79 Å². The monoisotopic (exact) mass is 154 g/mol. The summed E-state index contributed by atoms with van der Waals surface area (Å²) >= 11 is 0. The van der Waals surface area contributed by atoms with E-state index in [1.54, 1.807) is 0 Å². The number of carbonyl (C=O) groups excluding carboxylic acids is 1. The third-order valence-electron chi connectivity index (χ3n) is 3.66. The summed E-state index contributed by atoms with van der Waals surface area (Å²) in [7, 11) is 0. The van der Waals surface area contributed by atoms with Crippen LogP contribution in [0.3, 0.4) is 0 Å². The molecule has 0 radical (unpaired) electrons. The van der Waals surface area contributed by atoms with Crippen LogP contribution in [0.4, 0.5) is 0 Å². The van der Waals surface area contributed by atoms with Crippen LogP contribution in [0.1, 0.15) is 38.5 Å². The molecule has 0 aromatic heterocycles. The lowest BCUT2D eigenvalue weighted by atomic mass is 9.56. The van der Waals surface area contributed by atoms with Gasteiger partial charge in [-0.3, -0.25) is 0 Å². The standard InChI is InChI=1S/C9H14O2/c10-7-9(11)6-5-8(9)3-1-2-4-8/h7,11H,1-6H2. The Labute approximate surface area is 66.6 Å². The summed E-state index contributed by atoms with van der Waals surface area (Å²) in [5.41, 5.74) is -0.932. The molecular weight excluding hydrogens is 140 g/mol. The van der Waals surface area contributed by atoms with Gasteiger partial charge >= 0.3 is 0 Å². The molecule has 0 heterocycles. The zero-order valence-electron chi connectivity index (χ0n) is 6.68. The van der Waals surface area contributed by atoms with Crippen molar-refractivity contribution in [1.82, 2.24) is 0 Å². The van der Waals surface area contributed by atoms with Gasteiger partial charge in [-0.05, 0) is 25.7 Å². The third kappa shape index (κ3) is 0.734. The molecule has 0 aliphatic heterocycles. The van der Waals surface area contributed by atoms with E-state index in [4.69, 9.17) is 0 Å². The molecule has 2 heteroatoms. The average Bonchev–Trinajstić information content (AvgIpc) is 2.51. The number of hydrogen-bond acceptors (Lipinski definition) is 2. The van der Waals surface area contributed by atoms with Crippen molar-refractivity contribution in [3.63, 3.8) is 0 Å². The first-order chi connectivity index (χ1) is 5.22. The molecule has 0 amide bonds. The Morgan fingerprint density at radius 1 is 1.09 bits per heavy atom. The maximum absolute atomic E-state index is 10.6. The molecule has 2 aliphatic carbocycles. The highest BCUT2D eigenvalue weighted by Gasteiger charge is 2.58. The van der Waals surface area contributed by atoms with Crippen LogP contribution in [0.25, 0.3) is 0 Å². The van der Waals surface area contributed by atoms with E-state index in [2.05, 4.69) is 0 Å². The van der Waals surface area contributed by atoms with Crippen molar-refractivity contribution in [3.8, 4) is 0 Å². The number of aldehydes is 1. The average molecular weight is 154 g/mol. The molecule has 2 rings (SSSR count). The van der Waals surface area contributed by atoms with E-state index in [0.29, 0.717) is 6.42 Å². The van der Waals surface area contributed by atoms with Gasteiger partial charge in [0.1, 0.15) is 5.60 Å². The molecule has 0 saturated heterocycles. The van der Waals surface area contributed by atoms with Gasteiger partial charge < -0.3 is 9.90 Å². The smallest absolute Gasteiger partial charge is 0.152 e.